The van der Waals surface area contributed by atoms with Crippen molar-refractivity contribution in [2.45, 2.75) is 57.2 Å². The van der Waals surface area contributed by atoms with Gasteiger partial charge in [0.05, 0.1) is 11.3 Å². The highest BCUT2D eigenvalue weighted by Crippen LogP contribution is 2.32. The molecule has 0 atom stereocenters. The Hall–Kier alpha value is -3.43. The van der Waals surface area contributed by atoms with Gasteiger partial charge in [0.2, 0.25) is 0 Å². The van der Waals surface area contributed by atoms with Crippen LogP contribution in [0.4, 0.5) is 4.79 Å². The average molecular weight is 531 g/mol. The predicted molar refractivity (Wildman–Crippen MR) is 150 cm³/mol. The molecule has 39 heavy (non-hydrogen) atoms. The van der Waals surface area contributed by atoms with E-state index in [4.69, 9.17) is 10.5 Å². The summed E-state index contributed by atoms with van der Waals surface area (Å²) in [5, 5.41) is 5.52. The summed E-state index contributed by atoms with van der Waals surface area (Å²) in [5.41, 5.74) is 8.50. The highest BCUT2D eigenvalue weighted by molar-refractivity contribution is 6.04. The topological polar surface area (TPSA) is 96.9 Å². The molecule has 3 aromatic rings. The zero-order valence-electron chi connectivity index (χ0n) is 23.0. The Morgan fingerprint density at radius 2 is 1.59 bits per heavy atom. The van der Waals surface area contributed by atoms with Crippen LogP contribution in [-0.4, -0.2) is 93.4 Å². The van der Waals surface area contributed by atoms with E-state index in [-0.39, 0.29) is 6.09 Å². The number of ether oxygens (including phenoxy) is 1. The van der Waals surface area contributed by atoms with Gasteiger partial charge in [-0.25, -0.2) is 9.48 Å². The second kappa shape index (κ2) is 9.95. The summed E-state index contributed by atoms with van der Waals surface area (Å²) in [4.78, 5) is 30.9. The lowest BCUT2D eigenvalue weighted by molar-refractivity contribution is -0.0612. The molecule has 0 spiro atoms. The van der Waals surface area contributed by atoms with Crippen molar-refractivity contribution < 1.29 is 14.3 Å². The number of benzene rings is 2. The number of carbonyl (C=O) groups excluding carboxylic acids is 2. The predicted octanol–water partition coefficient (Wildman–Crippen LogP) is 3.61. The van der Waals surface area contributed by atoms with E-state index >= 15 is 0 Å². The molecule has 0 aliphatic carbocycles. The van der Waals surface area contributed by atoms with Gasteiger partial charge in [-0.3, -0.25) is 14.6 Å². The molecule has 0 bridgehead atoms. The van der Waals surface area contributed by atoms with Gasteiger partial charge < -0.3 is 15.4 Å². The average Bonchev–Trinajstić information content (AvgIpc) is 3.28. The summed E-state index contributed by atoms with van der Waals surface area (Å²) in [6.07, 6.45) is 4.08. The van der Waals surface area contributed by atoms with Crippen molar-refractivity contribution in [2.24, 2.45) is 5.73 Å². The lowest BCUT2D eigenvalue weighted by atomic mass is 9.88. The second-order valence-electron chi connectivity index (χ2n) is 12.2. The molecule has 4 heterocycles. The van der Waals surface area contributed by atoms with E-state index in [2.05, 4.69) is 39.2 Å². The zero-order valence-corrected chi connectivity index (χ0v) is 23.0. The Kier molecular flexibility index (Phi) is 6.59. The standard InChI is InChI=1S/C30H38N6O3/c1-30(2,3)39-29(38)35-18-25(19-35)34-16-24(17-34)33-13-11-21(12-14-33)20-7-9-23(10-8-20)36-15-22-5-4-6-26(28(31)37)27(22)32-36/h4-10,15,21,24-25H,11-14,16-19H2,1-3H3,(H2,31,37). The Bertz CT molecular complexity index is 1360. The van der Waals surface area contributed by atoms with Crippen molar-refractivity contribution in [1.29, 1.82) is 0 Å². The molecule has 3 aliphatic heterocycles. The van der Waals surface area contributed by atoms with E-state index < -0.39 is 11.5 Å². The maximum atomic E-state index is 12.2. The number of aromatic nitrogens is 2. The molecule has 0 saturated carbocycles. The summed E-state index contributed by atoms with van der Waals surface area (Å²) in [6.45, 7) is 11.7. The van der Waals surface area contributed by atoms with Crippen LogP contribution in [0.1, 0.15) is 55.5 Å². The maximum absolute atomic E-state index is 12.2. The number of amides is 2. The van der Waals surface area contributed by atoms with Crippen LogP contribution in [0.25, 0.3) is 16.6 Å². The molecule has 0 unspecified atom stereocenters. The van der Waals surface area contributed by atoms with Crippen molar-refractivity contribution in [3.05, 3.63) is 59.8 Å². The SMILES string of the molecule is CC(C)(C)OC(=O)N1CC(N2CC(N3CCC(c4ccc(-n5cc6cccc(C(N)=O)c6n5)cc4)CC3)C2)C1. The van der Waals surface area contributed by atoms with Crippen molar-refractivity contribution in [3.8, 4) is 5.69 Å². The van der Waals surface area contributed by atoms with Gasteiger partial charge in [0, 0.05) is 49.8 Å². The number of primary amides is 1. The van der Waals surface area contributed by atoms with E-state index in [1.807, 2.05) is 48.7 Å². The van der Waals surface area contributed by atoms with Gasteiger partial charge in [-0.2, -0.15) is 5.10 Å². The van der Waals surface area contributed by atoms with Crippen LogP contribution in [0, 0.1) is 0 Å². The smallest absolute Gasteiger partial charge is 0.410 e. The molecule has 6 rings (SSSR count). The molecular formula is C30H38N6O3. The van der Waals surface area contributed by atoms with Crippen LogP contribution in [-0.2, 0) is 4.74 Å². The van der Waals surface area contributed by atoms with Crippen molar-refractivity contribution in [2.75, 3.05) is 39.3 Å². The molecule has 3 saturated heterocycles. The minimum Gasteiger partial charge on any atom is -0.444 e. The number of rotatable bonds is 5. The van der Waals surface area contributed by atoms with Crippen molar-refractivity contribution >= 4 is 22.9 Å². The molecule has 9 nitrogen and oxygen atoms in total. The summed E-state index contributed by atoms with van der Waals surface area (Å²) in [7, 11) is 0. The number of carbonyl (C=O) groups is 2. The Balaban J connectivity index is 0.978. The maximum Gasteiger partial charge on any atom is 0.410 e. The van der Waals surface area contributed by atoms with E-state index in [0.717, 1.165) is 50.3 Å². The van der Waals surface area contributed by atoms with Gasteiger partial charge in [0.1, 0.15) is 11.1 Å². The largest absolute Gasteiger partial charge is 0.444 e. The lowest BCUT2D eigenvalue weighted by Gasteiger charge is -2.54. The zero-order chi connectivity index (χ0) is 27.3. The van der Waals surface area contributed by atoms with Crippen LogP contribution in [0.5, 0.6) is 0 Å². The first kappa shape index (κ1) is 25.8. The number of hydrogen-bond acceptors (Lipinski definition) is 6. The number of piperidine rings is 1. The lowest BCUT2D eigenvalue weighted by Crippen LogP contribution is -2.70. The monoisotopic (exact) mass is 530 g/mol. The van der Waals surface area contributed by atoms with Crippen LogP contribution in [0.2, 0.25) is 0 Å². The van der Waals surface area contributed by atoms with Gasteiger partial charge in [-0.05, 0) is 76.4 Å². The molecule has 3 fully saturated rings. The van der Waals surface area contributed by atoms with Crippen LogP contribution >= 0.6 is 0 Å². The quantitative estimate of drug-likeness (QED) is 0.541. The minimum atomic E-state index is -0.463. The van der Waals surface area contributed by atoms with Crippen molar-refractivity contribution in [1.82, 2.24) is 24.5 Å². The third kappa shape index (κ3) is 5.25. The fraction of sp³-hybridized carbons (Fsp3) is 0.500. The summed E-state index contributed by atoms with van der Waals surface area (Å²) < 4.78 is 7.30. The van der Waals surface area contributed by atoms with E-state index in [1.165, 1.54) is 18.4 Å². The van der Waals surface area contributed by atoms with Gasteiger partial charge >= 0.3 is 6.09 Å². The number of likely N-dealkylation sites (tertiary alicyclic amines) is 3. The summed E-state index contributed by atoms with van der Waals surface area (Å²) in [5.74, 6) is 0.105. The molecule has 1 aromatic heterocycles. The van der Waals surface area contributed by atoms with Gasteiger partial charge in [-0.15, -0.1) is 0 Å². The summed E-state index contributed by atoms with van der Waals surface area (Å²) in [6, 6.07) is 15.2. The number of nitrogens with zero attached hydrogens (tertiary/aromatic N) is 5. The van der Waals surface area contributed by atoms with Crippen molar-refractivity contribution in [3.63, 3.8) is 0 Å². The van der Waals surface area contributed by atoms with Crippen LogP contribution < -0.4 is 5.73 Å². The Labute approximate surface area is 229 Å². The number of fused-ring (bicyclic) bond motifs is 1. The molecule has 0 radical (unpaired) electrons. The van der Waals surface area contributed by atoms with E-state index in [0.29, 0.717) is 29.1 Å². The van der Waals surface area contributed by atoms with Crippen LogP contribution in [0.15, 0.2) is 48.7 Å². The highest BCUT2D eigenvalue weighted by atomic mass is 16.6. The highest BCUT2D eigenvalue weighted by Gasteiger charge is 2.43. The van der Waals surface area contributed by atoms with Crippen LogP contribution in [0.3, 0.4) is 0 Å². The molecule has 206 valence electrons. The summed E-state index contributed by atoms with van der Waals surface area (Å²) >= 11 is 0. The molecule has 2 aromatic carbocycles. The first-order valence-electron chi connectivity index (χ1n) is 14.0. The van der Waals surface area contributed by atoms with Gasteiger partial charge in [0.25, 0.3) is 5.91 Å². The minimum absolute atomic E-state index is 0.193. The Morgan fingerprint density at radius 3 is 2.23 bits per heavy atom. The fourth-order valence-corrected chi connectivity index (χ4v) is 6.05. The van der Waals surface area contributed by atoms with Gasteiger partial charge in [0.15, 0.2) is 0 Å². The molecule has 2 amide bonds. The first-order chi connectivity index (χ1) is 18.6. The first-order valence-corrected chi connectivity index (χ1v) is 14.0. The molecule has 3 aliphatic rings. The number of nitrogens with two attached hydrogens (primary N) is 1. The molecule has 2 N–H and O–H groups in total. The Morgan fingerprint density at radius 1 is 0.923 bits per heavy atom. The van der Waals surface area contributed by atoms with E-state index in [1.54, 1.807) is 6.07 Å². The third-order valence-corrected chi connectivity index (χ3v) is 8.40. The molecule has 9 heteroatoms. The number of hydrogen-bond donors (Lipinski definition) is 1. The van der Waals surface area contributed by atoms with Gasteiger partial charge in [-0.1, -0.05) is 24.3 Å². The fourth-order valence-electron chi connectivity index (χ4n) is 6.05. The molecular weight excluding hydrogens is 492 g/mol. The third-order valence-electron chi connectivity index (χ3n) is 8.40. The second-order valence-corrected chi connectivity index (χ2v) is 12.2. The normalized spacial score (nSPS) is 20.1. The van der Waals surface area contributed by atoms with E-state index in [9.17, 15) is 9.59 Å².